The molecule has 0 aliphatic rings. The Hall–Kier alpha value is -2.97. The van der Waals surface area contributed by atoms with Gasteiger partial charge in [0.15, 0.2) is 0 Å². The number of rotatable bonds is 5. The maximum Gasteiger partial charge on any atom is 0.342 e. The van der Waals surface area contributed by atoms with E-state index in [4.69, 9.17) is 0 Å². The molecule has 0 amide bonds. The predicted octanol–water partition coefficient (Wildman–Crippen LogP) is 0.0210. The van der Waals surface area contributed by atoms with Gasteiger partial charge in [-0.2, -0.15) is 0 Å². The molecule has 1 heterocycles. The van der Waals surface area contributed by atoms with Crippen molar-refractivity contribution in [3.63, 3.8) is 0 Å². The fourth-order valence-electron chi connectivity index (χ4n) is 1.58. The second kappa shape index (κ2) is 5.78. The summed E-state index contributed by atoms with van der Waals surface area (Å²) in [5.41, 5.74) is -0.363. The summed E-state index contributed by atoms with van der Waals surface area (Å²) in [4.78, 5) is 34.2. The Morgan fingerprint density at radius 3 is 2.55 bits per heavy atom. The van der Waals surface area contributed by atoms with E-state index in [1.165, 1.54) is 12.1 Å². The van der Waals surface area contributed by atoms with Crippen LogP contribution in [0.25, 0.3) is 0 Å². The molecule has 9 heteroatoms. The second-order valence-electron chi connectivity index (χ2n) is 3.96. The molecule has 0 aliphatic carbocycles. The van der Waals surface area contributed by atoms with Gasteiger partial charge in [0.1, 0.15) is 0 Å². The third-order valence-electron chi connectivity index (χ3n) is 2.56. The summed E-state index contributed by atoms with van der Waals surface area (Å²) in [5.74, 6) is 0.0199. The van der Waals surface area contributed by atoms with Crippen LogP contribution < -0.4 is 16.6 Å². The number of nitro groups is 1. The largest absolute Gasteiger partial charge is 0.364 e. The first-order chi connectivity index (χ1) is 9.56. The van der Waals surface area contributed by atoms with E-state index in [0.29, 0.717) is 13.0 Å². The lowest BCUT2D eigenvalue weighted by Crippen LogP contribution is -2.27. The molecule has 2 rings (SSSR count). The minimum absolute atomic E-state index is 0.0199. The van der Waals surface area contributed by atoms with Crippen LogP contribution in [-0.2, 0) is 6.42 Å². The average molecular weight is 277 g/mol. The van der Waals surface area contributed by atoms with Crippen molar-refractivity contribution in [3.05, 3.63) is 60.8 Å². The number of nitro benzene ring substituents is 1. The van der Waals surface area contributed by atoms with Gasteiger partial charge in [-0.15, -0.1) is 5.10 Å². The van der Waals surface area contributed by atoms with Crippen LogP contribution in [0.15, 0.2) is 33.9 Å². The Morgan fingerprint density at radius 1 is 1.25 bits per heavy atom. The lowest BCUT2D eigenvalue weighted by Gasteiger charge is -2.03. The quantitative estimate of drug-likeness (QED) is 0.521. The average Bonchev–Trinajstić information content (AvgIpc) is 2.42. The van der Waals surface area contributed by atoms with Crippen molar-refractivity contribution < 1.29 is 4.92 Å². The van der Waals surface area contributed by atoms with Gasteiger partial charge in [0.25, 0.3) is 11.2 Å². The van der Waals surface area contributed by atoms with Crippen LogP contribution in [0.5, 0.6) is 0 Å². The van der Waals surface area contributed by atoms with E-state index in [9.17, 15) is 19.7 Å². The molecule has 0 aliphatic heterocycles. The number of non-ortho nitro benzene ring substituents is 1. The van der Waals surface area contributed by atoms with Crippen molar-refractivity contribution in [2.75, 3.05) is 11.9 Å². The van der Waals surface area contributed by atoms with E-state index in [2.05, 4.69) is 15.5 Å². The van der Waals surface area contributed by atoms with Crippen LogP contribution >= 0.6 is 0 Å². The Balaban J connectivity index is 1.94. The topological polar surface area (TPSA) is 134 Å². The molecule has 0 saturated heterocycles. The molecule has 3 N–H and O–H groups in total. The fraction of sp³-hybridized carbons (Fsp3) is 0.182. The lowest BCUT2D eigenvalue weighted by molar-refractivity contribution is -0.384. The molecule has 1 aromatic carbocycles. The number of hydrogen-bond donors (Lipinski definition) is 3. The summed E-state index contributed by atoms with van der Waals surface area (Å²) in [6.07, 6.45) is 0.554. The third kappa shape index (κ3) is 3.28. The zero-order chi connectivity index (χ0) is 14.5. The van der Waals surface area contributed by atoms with Crippen molar-refractivity contribution in [3.8, 4) is 0 Å². The van der Waals surface area contributed by atoms with Crippen LogP contribution in [0.1, 0.15) is 5.56 Å². The normalized spacial score (nSPS) is 10.2. The van der Waals surface area contributed by atoms with Crippen LogP contribution in [0.3, 0.4) is 0 Å². The van der Waals surface area contributed by atoms with Crippen LogP contribution in [0, 0.1) is 10.1 Å². The van der Waals surface area contributed by atoms with Gasteiger partial charge >= 0.3 is 5.69 Å². The molecule has 1 aromatic heterocycles. The highest BCUT2D eigenvalue weighted by Gasteiger charge is 2.04. The van der Waals surface area contributed by atoms with Crippen molar-refractivity contribution in [1.82, 2.24) is 15.2 Å². The molecule has 0 atom stereocenters. The van der Waals surface area contributed by atoms with E-state index < -0.39 is 16.2 Å². The summed E-state index contributed by atoms with van der Waals surface area (Å²) < 4.78 is 0. The van der Waals surface area contributed by atoms with E-state index in [0.717, 1.165) is 5.56 Å². The molecule has 0 radical (unpaired) electrons. The maximum absolute atomic E-state index is 11.3. The van der Waals surface area contributed by atoms with Crippen molar-refractivity contribution >= 4 is 11.5 Å². The van der Waals surface area contributed by atoms with Gasteiger partial charge in [-0.25, -0.2) is 9.89 Å². The predicted molar refractivity (Wildman–Crippen MR) is 70.8 cm³/mol. The number of hydrogen-bond acceptors (Lipinski definition) is 6. The van der Waals surface area contributed by atoms with Crippen LogP contribution in [0.2, 0.25) is 0 Å². The number of nitrogens with one attached hydrogen (secondary N) is 3. The maximum atomic E-state index is 11.3. The van der Waals surface area contributed by atoms with Crippen molar-refractivity contribution in [2.24, 2.45) is 0 Å². The Labute approximate surface area is 111 Å². The molecular weight excluding hydrogens is 266 g/mol. The van der Waals surface area contributed by atoms with Crippen molar-refractivity contribution in [1.29, 1.82) is 0 Å². The zero-order valence-corrected chi connectivity index (χ0v) is 10.3. The fourth-order valence-corrected chi connectivity index (χ4v) is 1.58. The number of benzene rings is 1. The molecule has 0 saturated carbocycles. The molecule has 9 nitrogen and oxygen atoms in total. The van der Waals surface area contributed by atoms with Gasteiger partial charge in [-0.1, -0.05) is 12.1 Å². The summed E-state index contributed by atoms with van der Waals surface area (Å²) in [6.45, 7) is 0.403. The van der Waals surface area contributed by atoms with Gasteiger partial charge in [-0.05, 0) is 12.0 Å². The Bertz CT molecular complexity index is 719. The first-order valence-corrected chi connectivity index (χ1v) is 5.72. The van der Waals surface area contributed by atoms with Gasteiger partial charge in [-0.3, -0.25) is 19.9 Å². The summed E-state index contributed by atoms with van der Waals surface area (Å²) in [6, 6.07) is 6.12. The van der Waals surface area contributed by atoms with Gasteiger partial charge < -0.3 is 5.32 Å². The number of nitrogens with zero attached hydrogens (tertiary/aromatic N) is 2. The second-order valence-corrected chi connectivity index (χ2v) is 3.96. The molecule has 2 aromatic rings. The van der Waals surface area contributed by atoms with E-state index in [1.54, 1.807) is 12.1 Å². The van der Waals surface area contributed by atoms with Crippen LogP contribution in [-0.4, -0.2) is 26.6 Å². The minimum atomic E-state index is -0.670. The van der Waals surface area contributed by atoms with E-state index >= 15 is 0 Å². The first-order valence-electron chi connectivity index (χ1n) is 5.72. The highest BCUT2D eigenvalue weighted by atomic mass is 16.6. The molecular formula is C11H11N5O4. The van der Waals surface area contributed by atoms with E-state index in [1.807, 2.05) is 4.98 Å². The smallest absolute Gasteiger partial charge is 0.342 e. The van der Waals surface area contributed by atoms with Gasteiger partial charge in [0, 0.05) is 18.7 Å². The molecule has 0 bridgehead atoms. The molecule has 0 unspecified atom stereocenters. The van der Waals surface area contributed by atoms with Crippen molar-refractivity contribution in [2.45, 2.75) is 6.42 Å². The van der Waals surface area contributed by atoms with E-state index in [-0.39, 0.29) is 11.5 Å². The molecule has 0 spiro atoms. The first kappa shape index (κ1) is 13.5. The number of H-pyrrole nitrogens is 2. The van der Waals surface area contributed by atoms with Gasteiger partial charge in [0.05, 0.1) is 4.92 Å². The Kier molecular flexibility index (Phi) is 3.89. The highest BCUT2D eigenvalue weighted by Crippen LogP contribution is 2.12. The lowest BCUT2D eigenvalue weighted by atomic mass is 10.1. The standard InChI is InChI=1S/C11H11N5O4/c17-10-9(14-15-11(18)13-10)12-6-5-7-1-3-8(4-2-7)16(19)20/h1-4H,5-6H2,(H,12,14)(H2,13,15,17,18). The number of aromatic nitrogens is 3. The third-order valence-corrected chi connectivity index (χ3v) is 2.56. The highest BCUT2D eigenvalue weighted by molar-refractivity contribution is 5.34. The van der Waals surface area contributed by atoms with Gasteiger partial charge in [0.2, 0.25) is 5.82 Å². The Morgan fingerprint density at radius 2 is 1.95 bits per heavy atom. The monoisotopic (exact) mass is 277 g/mol. The summed E-state index contributed by atoms with van der Waals surface area (Å²) in [5, 5.41) is 18.9. The summed E-state index contributed by atoms with van der Waals surface area (Å²) >= 11 is 0. The minimum Gasteiger partial charge on any atom is -0.364 e. The zero-order valence-electron chi connectivity index (χ0n) is 10.3. The summed E-state index contributed by atoms with van der Waals surface area (Å²) in [7, 11) is 0. The molecule has 20 heavy (non-hydrogen) atoms. The molecule has 0 fully saturated rings. The number of anilines is 1. The number of aromatic amines is 2. The molecule has 104 valence electrons. The SMILES string of the molecule is O=c1[nH]nc(NCCc2ccc([N+](=O)[O-])cc2)c(=O)[nH]1. The van der Waals surface area contributed by atoms with Crippen LogP contribution in [0.4, 0.5) is 11.5 Å².